The van der Waals surface area contributed by atoms with Crippen molar-refractivity contribution in [3.05, 3.63) is 52.8 Å². The van der Waals surface area contributed by atoms with Gasteiger partial charge in [-0.05, 0) is 49.6 Å². The molecule has 0 saturated heterocycles. The number of aryl methyl sites for hydroxylation is 3. The van der Waals surface area contributed by atoms with Crippen LogP contribution in [-0.4, -0.2) is 10.1 Å². The number of pyridine rings is 1. The van der Waals surface area contributed by atoms with Crippen molar-refractivity contribution in [2.24, 2.45) is 0 Å². The van der Waals surface area contributed by atoms with Crippen molar-refractivity contribution < 1.29 is 9.84 Å². The zero-order valence-corrected chi connectivity index (χ0v) is 11.6. The Morgan fingerprint density at radius 2 is 1.84 bits per heavy atom. The van der Waals surface area contributed by atoms with Crippen molar-refractivity contribution in [3.63, 3.8) is 0 Å². The van der Waals surface area contributed by atoms with Crippen LogP contribution in [0.4, 0.5) is 0 Å². The zero-order valence-electron chi connectivity index (χ0n) is 11.6. The summed E-state index contributed by atoms with van der Waals surface area (Å²) in [6.07, 6.45) is 0.838. The second-order valence-corrected chi connectivity index (χ2v) is 4.61. The number of hydrogen-bond acceptors (Lipinski definition) is 3. The number of ether oxygens (including phenoxy) is 1. The average Bonchev–Trinajstić information content (AvgIpc) is 2.42. The molecule has 0 spiro atoms. The van der Waals surface area contributed by atoms with Gasteiger partial charge < -0.3 is 9.84 Å². The van der Waals surface area contributed by atoms with E-state index in [0.29, 0.717) is 0 Å². The van der Waals surface area contributed by atoms with Crippen LogP contribution in [0.25, 0.3) is 0 Å². The van der Waals surface area contributed by atoms with Gasteiger partial charge in [0.15, 0.2) is 0 Å². The van der Waals surface area contributed by atoms with E-state index in [9.17, 15) is 0 Å². The summed E-state index contributed by atoms with van der Waals surface area (Å²) < 4.78 is 5.94. The van der Waals surface area contributed by atoms with E-state index < -0.39 is 0 Å². The van der Waals surface area contributed by atoms with E-state index in [-0.39, 0.29) is 6.61 Å². The molecule has 0 unspecified atom stereocenters. The molecule has 2 rings (SSSR count). The quantitative estimate of drug-likeness (QED) is 0.910. The van der Waals surface area contributed by atoms with Crippen LogP contribution < -0.4 is 4.74 Å². The largest absolute Gasteiger partial charge is 0.455 e. The molecule has 0 aliphatic rings. The highest BCUT2D eigenvalue weighted by atomic mass is 16.5. The molecule has 100 valence electrons. The van der Waals surface area contributed by atoms with Crippen molar-refractivity contribution in [2.45, 2.75) is 33.8 Å². The number of aromatic nitrogens is 1. The predicted molar refractivity (Wildman–Crippen MR) is 75.5 cm³/mol. The standard InChI is InChI=1S/C16H19NO2/c1-4-14-16(7-5-12(3)17-14)19-15-8-6-13(10-18)9-11(15)2/h5-9,18H,4,10H2,1-3H3. The summed E-state index contributed by atoms with van der Waals surface area (Å²) in [6.45, 7) is 6.07. The molecular formula is C16H19NO2. The SMILES string of the molecule is CCc1nc(C)ccc1Oc1ccc(CO)cc1C. The summed E-state index contributed by atoms with van der Waals surface area (Å²) in [5, 5.41) is 9.10. The summed E-state index contributed by atoms with van der Waals surface area (Å²) in [7, 11) is 0. The molecule has 19 heavy (non-hydrogen) atoms. The van der Waals surface area contributed by atoms with Gasteiger partial charge in [-0.2, -0.15) is 0 Å². The predicted octanol–water partition coefficient (Wildman–Crippen LogP) is 3.55. The zero-order chi connectivity index (χ0) is 13.8. The maximum Gasteiger partial charge on any atom is 0.148 e. The molecule has 0 radical (unpaired) electrons. The number of rotatable bonds is 4. The highest BCUT2D eigenvalue weighted by molar-refractivity contribution is 5.41. The first kappa shape index (κ1) is 13.6. The maximum absolute atomic E-state index is 9.10. The number of aliphatic hydroxyl groups excluding tert-OH is 1. The van der Waals surface area contributed by atoms with Gasteiger partial charge in [-0.3, -0.25) is 4.98 Å². The van der Waals surface area contributed by atoms with Crippen LogP contribution in [0.5, 0.6) is 11.5 Å². The number of aliphatic hydroxyl groups is 1. The third kappa shape index (κ3) is 3.12. The van der Waals surface area contributed by atoms with Crippen LogP contribution in [-0.2, 0) is 13.0 Å². The third-order valence-electron chi connectivity index (χ3n) is 3.05. The number of nitrogens with zero attached hydrogens (tertiary/aromatic N) is 1. The molecule has 0 atom stereocenters. The molecule has 3 nitrogen and oxygen atoms in total. The first-order valence-corrected chi connectivity index (χ1v) is 6.48. The Morgan fingerprint density at radius 1 is 1.11 bits per heavy atom. The Hall–Kier alpha value is -1.87. The van der Waals surface area contributed by atoms with E-state index in [2.05, 4.69) is 11.9 Å². The molecule has 0 amide bonds. The van der Waals surface area contributed by atoms with Crippen LogP contribution in [0.15, 0.2) is 30.3 Å². The second-order valence-electron chi connectivity index (χ2n) is 4.61. The lowest BCUT2D eigenvalue weighted by Crippen LogP contribution is -1.97. The monoisotopic (exact) mass is 257 g/mol. The van der Waals surface area contributed by atoms with Gasteiger partial charge in [0.05, 0.1) is 12.3 Å². The van der Waals surface area contributed by atoms with Gasteiger partial charge in [0.25, 0.3) is 0 Å². The summed E-state index contributed by atoms with van der Waals surface area (Å²) in [5.74, 6) is 1.60. The first-order valence-electron chi connectivity index (χ1n) is 6.48. The average molecular weight is 257 g/mol. The van der Waals surface area contributed by atoms with E-state index in [1.165, 1.54) is 0 Å². The lowest BCUT2D eigenvalue weighted by Gasteiger charge is -2.12. The van der Waals surface area contributed by atoms with Crippen molar-refractivity contribution in [3.8, 4) is 11.5 Å². The molecule has 0 aliphatic heterocycles. The molecule has 0 fully saturated rings. The number of benzene rings is 1. The molecule has 3 heteroatoms. The van der Waals surface area contributed by atoms with Gasteiger partial charge >= 0.3 is 0 Å². The summed E-state index contributed by atoms with van der Waals surface area (Å²) in [5.41, 5.74) is 3.86. The van der Waals surface area contributed by atoms with Crippen molar-refractivity contribution in [2.75, 3.05) is 0 Å². The highest BCUT2D eigenvalue weighted by Crippen LogP contribution is 2.28. The summed E-state index contributed by atoms with van der Waals surface area (Å²) >= 11 is 0. The van der Waals surface area contributed by atoms with Crippen molar-refractivity contribution in [1.82, 2.24) is 4.98 Å². The molecule has 0 aliphatic carbocycles. The third-order valence-corrected chi connectivity index (χ3v) is 3.05. The van der Waals surface area contributed by atoms with Gasteiger partial charge in [0.2, 0.25) is 0 Å². The molecule has 0 saturated carbocycles. The molecule has 1 aromatic carbocycles. The molecule has 1 aromatic heterocycles. The minimum absolute atomic E-state index is 0.0490. The minimum atomic E-state index is 0.0490. The fourth-order valence-electron chi connectivity index (χ4n) is 1.99. The van der Waals surface area contributed by atoms with Crippen LogP contribution in [0.1, 0.15) is 29.4 Å². The van der Waals surface area contributed by atoms with Crippen LogP contribution in [0.3, 0.4) is 0 Å². The lowest BCUT2D eigenvalue weighted by atomic mass is 10.1. The summed E-state index contributed by atoms with van der Waals surface area (Å²) in [4.78, 5) is 4.49. The Kier molecular flexibility index (Phi) is 4.17. The van der Waals surface area contributed by atoms with Crippen molar-refractivity contribution >= 4 is 0 Å². The van der Waals surface area contributed by atoms with Gasteiger partial charge in [-0.1, -0.05) is 19.1 Å². The Morgan fingerprint density at radius 3 is 2.47 bits per heavy atom. The molecular weight excluding hydrogens is 238 g/mol. The first-order chi connectivity index (χ1) is 9.13. The molecule has 0 bridgehead atoms. The summed E-state index contributed by atoms with van der Waals surface area (Å²) in [6, 6.07) is 9.60. The molecule has 2 aromatic rings. The Labute approximate surface area is 113 Å². The Bertz CT molecular complexity index is 579. The van der Waals surface area contributed by atoms with E-state index in [4.69, 9.17) is 9.84 Å². The lowest BCUT2D eigenvalue weighted by molar-refractivity contribution is 0.281. The van der Waals surface area contributed by atoms with Crippen LogP contribution >= 0.6 is 0 Å². The fraction of sp³-hybridized carbons (Fsp3) is 0.312. The van der Waals surface area contributed by atoms with E-state index in [1.807, 2.05) is 44.2 Å². The Balaban J connectivity index is 2.31. The van der Waals surface area contributed by atoms with Crippen LogP contribution in [0, 0.1) is 13.8 Å². The van der Waals surface area contributed by atoms with Gasteiger partial charge in [-0.15, -0.1) is 0 Å². The fourth-order valence-corrected chi connectivity index (χ4v) is 1.99. The maximum atomic E-state index is 9.10. The highest BCUT2D eigenvalue weighted by Gasteiger charge is 2.07. The van der Waals surface area contributed by atoms with Crippen LogP contribution in [0.2, 0.25) is 0 Å². The van der Waals surface area contributed by atoms with Gasteiger partial charge in [0, 0.05) is 5.69 Å². The second kappa shape index (κ2) is 5.85. The molecule has 1 N–H and O–H groups in total. The minimum Gasteiger partial charge on any atom is -0.455 e. The van der Waals surface area contributed by atoms with Crippen molar-refractivity contribution in [1.29, 1.82) is 0 Å². The number of hydrogen-bond donors (Lipinski definition) is 1. The normalized spacial score (nSPS) is 10.5. The molecule has 1 heterocycles. The van der Waals surface area contributed by atoms with Gasteiger partial charge in [0.1, 0.15) is 11.5 Å². The van der Waals surface area contributed by atoms with E-state index >= 15 is 0 Å². The topological polar surface area (TPSA) is 42.4 Å². The smallest absolute Gasteiger partial charge is 0.148 e. The van der Waals surface area contributed by atoms with Gasteiger partial charge in [-0.25, -0.2) is 0 Å². The van der Waals surface area contributed by atoms with E-state index in [1.54, 1.807) is 0 Å². The van der Waals surface area contributed by atoms with E-state index in [0.717, 1.165) is 40.4 Å².